The predicted molar refractivity (Wildman–Crippen MR) is 70.0 cm³/mol. The van der Waals surface area contributed by atoms with Crippen molar-refractivity contribution < 1.29 is 4.42 Å². The van der Waals surface area contributed by atoms with Gasteiger partial charge in [0.2, 0.25) is 0 Å². The Balaban J connectivity index is 1.79. The van der Waals surface area contributed by atoms with Crippen molar-refractivity contribution in [3.05, 3.63) is 24.2 Å². The highest BCUT2D eigenvalue weighted by molar-refractivity contribution is 5.10. The Morgan fingerprint density at radius 1 is 1.47 bits per heavy atom. The molecule has 0 spiro atoms. The third-order valence-corrected chi connectivity index (χ3v) is 4.03. The van der Waals surface area contributed by atoms with Crippen LogP contribution in [0.2, 0.25) is 0 Å². The van der Waals surface area contributed by atoms with Gasteiger partial charge in [-0.1, -0.05) is 0 Å². The van der Waals surface area contributed by atoms with Crippen molar-refractivity contribution in [1.29, 1.82) is 0 Å². The standard InChI is InChI=1S/C14H24N2O/c1-12(14-6-10-17-11-14)16-8-4-13(5-9-16)3-7-15-2/h6,10-13,15H,3-5,7-9H2,1-2H3. The minimum atomic E-state index is 0.499. The Kier molecular flexibility index (Phi) is 4.63. The van der Waals surface area contributed by atoms with Gasteiger partial charge >= 0.3 is 0 Å². The zero-order valence-corrected chi connectivity index (χ0v) is 11.0. The fourth-order valence-electron chi connectivity index (χ4n) is 2.70. The van der Waals surface area contributed by atoms with Crippen LogP contribution in [0, 0.1) is 5.92 Å². The molecule has 0 amide bonds. The first-order chi connectivity index (χ1) is 8.31. The normalized spacial score (nSPS) is 20.6. The monoisotopic (exact) mass is 236 g/mol. The number of nitrogens with zero attached hydrogens (tertiary/aromatic N) is 1. The van der Waals surface area contributed by atoms with Crippen molar-refractivity contribution in [1.82, 2.24) is 10.2 Å². The van der Waals surface area contributed by atoms with Crippen molar-refractivity contribution in [3.63, 3.8) is 0 Å². The van der Waals surface area contributed by atoms with Crippen LogP contribution in [0.25, 0.3) is 0 Å². The van der Waals surface area contributed by atoms with Gasteiger partial charge in [0, 0.05) is 11.6 Å². The lowest BCUT2D eigenvalue weighted by Crippen LogP contribution is -2.36. The molecule has 17 heavy (non-hydrogen) atoms. The molecule has 2 heterocycles. The minimum absolute atomic E-state index is 0.499. The molecule has 3 heteroatoms. The third-order valence-electron chi connectivity index (χ3n) is 4.03. The summed E-state index contributed by atoms with van der Waals surface area (Å²) in [5, 5.41) is 3.25. The number of furan rings is 1. The SMILES string of the molecule is CNCCC1CCN(C(C)c2ccoc2)CC1. The van der Waals surface area contributed by atoms with Gasteiger partial charge in [0.1, 0.15) is 0 Å². The van der Waals surface area contributed by atoms with E-state index in [0.29, 0.717) is 6.04 Å². The predicted octanol–water partition coefficient (Wildman–Crippen LogP) is 2.66. The Labute approximate surface area is 104 Å². The van der Waals surface area contributed by atoms with E-state index in [-0.39, 0.29) is 0 Å². The van der Waals surface area contributed by atoms with Crippen molar-refractivity contribution in [3.8, 4) is 0 Å². The molecule has 0 radical (unpaired) electrons. The second-order valence-corrected chi connectivity index (χ2v) is 5.10. The van der Waals surface area contributed by atoms with Crippen LogP contribution < -0.4 is 5.32 Å². The zero-order chi connectivity index (χ0) is 12.1. The smallest absolute Gasteiger partial charge is 0.0950 e. The highest BCUT2D eigenvalue weighted by Crippen LogP contribution is 2.27. The summed E-state index contributed by atoms with van der Waals surface area (Å²) in [6, 6.07) is 2.58. The molecule has 1 aliphatic rings. The molecule has 1 aliphatic heterocycles. The summed E-state index contributed by atoms with van der Waals surface area (Å²) in [6.45, 7) is 5.88. The van der Waals surface area contributed by atoms with Crippen LogP contribution >= 0.6 is 0 Å². The van der Waals surface area contributed by atoms with Gasteiger partial charge in [0.15, 0.2) is 0 Å². The topological polar surface area (TPSA) is 28.4 Å². The molecule has 1 atom stereocenters. The first kappa shape index (κ1) is 12.7. The molecule has 0 saturated carbocycles. The van der Waals surface area contributed by atoms with E-state index in [0.717, 1.165) is 12.5 Å². The van der Waals surface area contributed by atoms with E-state index in [1.165, 1.54) is 37.9 Å². The van der Waals surface area contributed by atoms with E-state index < -0.39 is 0 Å². The first-order valence-electron chi connectivity index (χ1n) is 6.72. The summed E-state index contributed by atoms with van der Waals surface area (Å²) >= 11 is 0. The number of hydrogen-bond donors (Lipinski definition) is 1. The summed E-state index contributed by atoms with van der Waals surface area (Å²) < 4.78 is 5.17. The van der Waals surface area contributed by atoms with Crippen LogP contribution in [-0.4, -0.2) is 31.6 Å². The number of likely N-dealkylation sites (tertiary alicyclic amines) is 1. The maximum Gasteiger partial charge on any atom is 0.0950 e. The van der Waals surface area contributed by atoms with Crippen molar-refractivity contribution in [2.75, 3.05) is 26.7 Å². The Bertz CT molecular complexity index is 302. The maximum absolute atomic E-state index is 5.17. The first-order valence-corrected chi connectivity index (χ1v) is 6.72. The summed E-state index contributed by atoms with van der Waals surface area (Å²) in [5.74, 6) is 0.912. The molecule has 1 saturated heterocycles. The molecule has 1 unspecified atom stereocenters. The molecule has 1 aromatic heterocycles. The molecule has 1 N–H and O–H groups in total. The van der Waals surface area contributed by atoms with E-state index in [2.05, 4.69) is 23.2 Å². The van der Waals surface area contributed by atoms with Crippen LogP contribution in [-0.2, 0) is 0 Å². The lowest BCUT2D eigenvalue weighted by atomic mass is 9.92. The molecule has 1 aromatic rings. The molecule has 96 valence electrons. The molecule has 2 rings (SSSR count). The van der Waals surface area contributed by atoms with E-state index >= 15 is 0 Å². The molecular weight excluding hydrogens is 212 g/mol. The largest absolute Gasteiger partial charge is 0.472 e. The third kappa shape index (κ3) is 3.33. The van der Waals surface area contributed by atoms with Gasteiger partial charge in [-0.2, -0.15) is 0 Å². The van der Waals surface area contributed by atoms with Crippen molar-refractivity contribution in [2.45, 2.75) is 32.2 Å². The number of hydrogen-bond acceptors (Lipinski definition) is 3. The molecule has 0 bridgehead atoms. The Morgan fingerprint density at radius 3 is 2.82 bits per heavy atom. The van der Waals surface area contributed by atoms with E-state index in [1.807, 2.05) is 13.3 Å². The van der Waals surface area contributed by atoms with Gasteiger partial charge in [-0.05, 0) is 64.9 Å². The van der Waals surface area contributed by atoms with Crippen molar-refractivity contribution >= 4 is 0 Å². The molecule has 0 aromatic carbocycles. The van der Waals surface area contributed by atoms with Gasteiger partial charge in [0.25, 0.3) is 0 Å². The fraction of sp³-hybridized carbons (Fsp3) is 0.714. The maximum atomic E-state index is 5.17. The second-order valence-electron chi connectivity index (χ2n) is 5.10. The van der Waals surface area contributed by atoms with E-state index in [4.69, 9.17) is 4.42 Å². The molecule has 3 nitrogen and oxygen atoms in total. The average Bonchev–Trinajstić information content (AvgIpc) is 2.90. The minimum Gasteiger partial charge on any atom is -0.472 e. The van der Waals surface area contributed by atoms with Crippen molar-refractivity contribution in [2.24, 2.45) is 5.92 Å². The molecule has 0 aliphatic carbocycles. The van der Waals surface area contributed by atoms with Crippen LogP contribution in [0.15, 0.2) is 23.0 Å². The highest BCUT2D eigenvalue weighted by Gasteiger charge is 2.23. The average molecular weight is 236 g/mol. The van der Waals surface area contributed by atoms with E-state index in [1.54, 1.807) is 6.26 Å². The highest BCUT2D eigenvalue weighted by atomic mass is 16.3. The lowest BCUT2D eigenvalue weighted by molar-refractivity contribution is 0.137. The van der Waals surface area contributed by atoms with Crippen LogP contribution in [0.5, 0.6) is 0 Å². The van der Waals surface area contributed by atoms with Gasteiger partial charge < -0.3 is 9.73 Å². The van der Waals surface area contributed by atoms with Crippen LogP contribution in [0.4, 0.5) is 0 Å². The Morgan fingerprint density at radius 2 is 2.24 bits per heavy atom. The molecular formula is C14H24N2O. The number of nitrogens with one attached hydrogen (secondary N) is 1. The summed E-state index contributed by atoms with van der Waals surface area (Å²) in [5.41, 5.74) is 1.30. The van der Waals surface area contributed by atoms with Crippen LogP contribution in [0.1, 0.15) is 37.8 Å². The lowest BCUT2D eigenvalue weighted by Gasteiger charge is -2.35. The zero-order valence-electron chi connectivity index (χ0n) is 11.0. The Hall–Kier alpha value is -0.800. The molecule has 1 fully saturated rings. The second kappa shape index (κ2) is 6.22. The number of rotatable bonds is 5. The van der Waals surface area contributed by atoms with E-state index in [9.17, 15) is 0 Å². The van der Waals surface area contributed by atoms with Gasteiger partial charge in [-0.3, -0.25) is 4.90 Å². The van der Waals surface area contributed by atoms with Gasteiger partial charge in [-0.25, -0.2) is 0 Å². The fourth-order valence-corrected chi connectivity index (χ4v) is 2.70. The number of piperidine rings is 1. The summed E-state index contributed by atoms with van der Waals surface area (Å²) in [6.07, 6.45) is 7.64. The van der Waals surface area contributed by atoms with Gasteiger partial charge in [-0.15, -0.1) is 0 Å². The van der Waals surface area contributed by atoms with Gasteiger partial charge in [0.05, 0.1) is 12.5 Å². The summed E-state index contributed by atoms with van der Waals surface area (Å²) in [4.78, 5) is 2.57. The summed E-state index contributed by atoms with van der Waals surface area (Å²) in [7, 11) is 2.04. The quantitative estimate of drug-likeness (QED) is 0.852. The van der Waals surface area contributed by atoms with Crippen LogP contribution in [0.3, 0.4) is 0 Å².